The van der Waals surface area contributed by atoms with Crippen LogP contribution in [0.1, 0.15) is 35.7 Å². The van der Waals surface area contributed by atoms with Gasteiger partial charge in [-0.15, -0.1) is 5.10 Å². The molecule has 3 rings (SSSR count). The number of fused-ring (bicyclic) bond motifs is 1. The summed E-state index contributed by atoms with van der Waals surface area (Å²) in [5, 5.41) is 3.88. The summed E-state index contributed by atoms with van der Waals surface area (Å²) in [5.74, 6) is -2.04. The average Bonchev–Trinajstić information content (AvgIpc) is 3.04. The Morgan fingerprint density at radius 3 is 2.58 bits per heavy atom. The summed E-state index contributed by atoms with van der Waals surface area (Å²) < 4.78 is 86.7. The van der Waals surface area contributed by atoms with Crippen molar-refractivity contribution in [1.29, 1.82) is 0 Å². The number of esters is 1. The zero-order chi connectivity index (χ0) is 23.2. The smallest absolute Gasteiger partial charge is 0.468 e. The van der Waals surface area contributed by atoms with Gasteiger partial charge in [0.1, 0.15) is 5.82 Å². The highest BCUT2D eigenvalue weighted by Gasteiger charge is 2.51. The molecule has 2 aromatic rings. The molecule has 12 heteroatoms. The normalized spacial score (nSPS) is 19.1. The molecule has 1 aromatic heterocycles. The average molecular weight is 464 g/mol. The maximum atomic E-state index is 14.3. The summed E-state index contributed by atoms with van der Waals surface area (Å²) in [6.45, 7) is 3.39. The molecule has 0 radical (unpaired) electrons. The molecule has 1 aliphatic rings. The molecule has 0 amide bonds. The van der Waals surface area contributed by atoms with Crippen LogP contribution in [-0.4, -0.2) is 36.8 Å². The van der Waals surface area contributed by atoms with Gasteiger partial charge >= 0.3 is 21.6 Å². The molecule has 0 N–H and O–H groups in total. The van der Waals surface area contributed by atoms with Crippen LogP contribution in [-0.2, 0) is 44.5 Å². The second-order valence-corrected chi connectivity index (χ2v) is 8.73. The monoisotopic (exact) mass is 464 g/mol. The molecule has 170 valence electrons. The van der Waals surface area contributed by atoms with Crippen molar-refractivity contribution in [3.05, 3.63) is 46.4 Å². The van der Waals surface area contributed by atoms with Crippen LogP contribution in [0.3, 0.4) is 0 Å². The fraction of sp³-hybridized carbons (Fsp3) is 0.474. The number of halogens is 4. The van der Waals surface area contributed by atoms with E-state index in [1.54, 1.807) is 6.92 Å². The van der Waals surface area contributed by atoms with Gasteiger partial charge in [-0.05, 0) is 50.3 Å². The molecule has 1 heterocycles. The van der Waals surface area contributed by atoms with E-state index in [0.29, 0.717) is 11.3 Å². The van der Waals surface area contributed by atoms with Crippen LogP contribution in [0.2, 0.25) is 0 Å². The summed E-state index contributed by atoms with van der Waals surface area (Å²) in [6.07, 6.45) is 0.0623. The first-order chi connectivity index (χ1) is 14.4. The number of carbonyl (C=O) groups is 1. The van der Waals surface area contributed by atoms with Gasteiger partial charge in [0.25, 0.3) is 5.88 Å². The lowest BCUT2D eigenvalue weighted by Crippen LogP contribution is -2.43. The zero-order valence-electron chi connectivity index (χ0n) is 16.9. The molecule has 0 fully saturated rings. The molecule has 31 heavy (non-hydrogen) atoms. The fourth-order valence-corrected chi connectivity index (χ4v) is 4.44. The lowest BCUT2D eigenvalue weighted by Gasteiger charge is -2.36. The highest BCUT2D eigenvalue weighted by Crippen LogP contribution is 2.44. The van der Waals surface area contributed by atoms with E-state index in [2.05, 4.69) is 9.28 Å². The van der Waals surface area contributed by atoms with Gasteiger partial charge < -0.3 is 8.92 Å². The predicted molar refractivity (Wildman–Crippen MR) is 100 cm³/mol. The maximum Gasteiger partial charge on any atom is 0.534 e. The van der Waals surface area contributed by atoms with Gasteiger partial charge in [-0.2, -0.15) is 21.6 Å². The van der Waals surface area contributed by atoms with Crippen LogP contribution in [0.4, 0.5) is 17.6 Å². The minimum absolute atomic E-state index is 0.0370. The molecule has 0 saturated carbocycles. The van der Waals surface area contributed by atoms with Crippen molar-refractivity contribution < 1.29 is 39.7 Å². The SMILES string of the molecule is CCn1nc(OS(=O)(=O)C(F)(F)F)c2c1CCC(C(=O)OC)(c1cccc(F)c1C)C2. The lowest BCUT2D eigenvalue weighted by molar-refractivity contribution is -0.148. The van der Waals surface area contributed by atoms with Crippen LogP contribution in [0, 0.1) is 12.7 Å². The Morgan fingerprint density at radius 1 is 1.32 bits per heavy atom. The number of carbonyl (C=O) groups excluding carboxylic acids is 1. The first-order valence-electron chi connectivity index (χ1n) is 9.31. The Hall–Kier alpha value is -2.63. The second kappa shape index (κ2) is 7.81. The molecule has 0 bridgehead atoms. The van der Waals surface area contributed by atoms with Crippen molar-refractivity contribution in [1.82, 2.24) is 9.78 Å². The molecule has 0 spiro atoms. The topological polar surface area (TPSA) is 87.5 Å². The van der Waals surface area contributed by atoms with Crippen LogP contribution in [0.5, 0.6) is 5.88 Å². The van der Waals surface area contributed by atoms with Crippen molar-refractivity contribution in [2.75, 3.05) is 7.11 Å². The Bertz CT molecular complexity index is 1130. The third-order valence-electron chi connectivity index (χ3n) is 5.53. The molecule has 0 aliphatic heterocycles. The Balaban J connectivity index is 2.18. The van der Waals surface area contributed by atoms with Gasteiger partial charge in [-0.25, -0.2) is 4.39 Å². The van der Waals surface area contributed by atoms with Crippen LogP contribution in [0.25, 0.3) is 0 Å². The Morgan fingerprint density at radius 2 is 2.00 bits per heavy atom. The van der Waals surface area contributed by atoms with E-state index < -0.39 is 38.7 Å². The van der Waals surface area contributed by atoms with Gasteiger partial charge in [-0.3, -0.25) is 9.48 Å². The largest absolute Gasteiger partial charge is 0.534 e. The highest BCUT2D eigenvalue weighted by molar-refractivity contribution is 7.87. The van der Waals surface area contributed by atoms with E-state index in [-0.39, 0.29) is 36.9 Å². The van der Waals surface area contributed by atoms with Gasteiger partial charge in [0, 0.05) is 17.8 Å². The minimum Gasteiger partial charge on any atom is -0.468 e. The number of hydrogen-bond donors (Lipinski definition) is 0. The van der Waals surface area contributed by atoms with Crippen molar-refractivity contribution in [2.24, 2.45) is 0 Å². The quantitative estimate of drug-likeness (QED) is 0.292. The third-order valence-corrected chi connectivity index (χ3v) is 6.47. The fourth-order valence-electron chi connectivity index (χ4n) is 4.00. The molecule has 1 aliphatic carbocycles. The predicted octanol–water partition coefficient (Wildman–Crippen LogP) is 3.18. The van der Waals surface area contributed by atoms with E-state index in [4.69, 9.17) is 4.74 Å². The number of hydrogen-bond acceptors (Lipinski definition) is 6. The van der Waals surface area contributed by atoms with E-state index >= 15 is 0 Å². The number of nitrogens with zero attached hydrogens (tertiary/aromatic N) is 2. The van der Waals surface area contributed by atoms with Crippen molar-refractivity contribution in [3.63, 3.8) is 0 Å². The molecule has 0 saturated heterocycles. The Kier molecular flexibility index (Phi) is 5.80. The number of benzene rings is 1. The summed E-state index contributed by atoms with van der Waals surface area (Å²) in [7, 11) is -4.83. The second-order valence-electron chi connectivity index (χ2n) is 7.19. The van der Waals surface area contributed by atoms with Crippen LogP contribution < -0.4 is 4.18 Å². The summed E-state index contributed by atoms with van der Waals surface area (Å²) in [6, 6.07) is 4.17. The van der Waals surface area contributed by atoms with E-state index in [0.717, 1.165) is 7.11 Å². The summed E-state index contributed by atoms with van der Waals surface area (Å²) >= 11 is 0. The standard InChI is InChI=1S/C19H20F4N2O5S/c1-4-25-15-8-9-18(17(26)29-3,13-6-5-7-14(20)11(13)2)10-12(15)16(24-25)30-31(27,28)19(21,22)23/h5-7H,4,8-10H2,1-3H3. The molecular formula is C19H20F4N2O5S. The van der Waals surface area contributed by atoms with Gasteiger partial charge in [-0.1, -0.05) is 12.1 Å². The van der Waals surface area contributed by atoms with Crippen LogP contribution >= 0.6 is 0 Å². The van der Waals surface area contributed by atoms with Crippen LogP contribution in [0.15, 0.2) is 18.2 Å². The van der Waals surface area contributed by atoms with E-state index in [1.165, 1.54) is 29.8 Å². The molecule has 1 aromatic carbocycles. The van der Waals surface area contributed by atoms with Gasteiger partial charge in [0.15, 0.2) is 0 Å². The number of rotatable bonds is 5. The summed E-state index contributed by atoms with van der Waals surface area (Å²) in [4.78, 5) is 12.9. The van der Waals surface area contributed by atoms with Crippen molar-refractivity contribution in [3.8, 4) is 5.88 Å². The highest BCUT2D eigenvalue weighted by atomic mass is 32.2. The van der Waals surface area contributed by atoms with Gasteiger partial charge in [0.05, 0.1) is 12.5 Å². The van der Waals surface area contributed by atoms with Gasteiger partial charge in [0.2, 0.25) is 0 Å². The van der Waals surface area contributed by atoms with E-state index in [1.807, 2.05) is 0 Å². The number of ether oxygens (including phenoxy) is 1. The zero-order valence-corrected chi connectivity index (χ0v) is 17.7. The first kappa shape index (κ1) is 23.0. The lowest BCUT2D eigenvalue weighted by atomic mass is 9.67. The van der Waals surface area contributed by atoms with Crippen molar-refractivity contribution in [2.45, 2.75) is 50.6 Å². The number of alkyl halides is 3. The number of methoxy groups -OCH3 is 1. The number of aryl methyl sites for hydroxylation is 1. The van der Waals surface area contributed by atoms with E-state index in [9.17, 15) is 30.8 Å². The summed E-state index contributed by atoms with van der Waals surface area (Å²) in [5.41, 5.74) is -6.12. The molecule has 1 atom stereocenters. The first-order valence-corrected chi connectivity index (χ1v) is 10.7. The molecule has 7 nitrogen and oxygen atoms in total. The Labute approximate surface area is 176 Å². The molecular weight excluding hydrogens is 444 g/mol. The minimum atomic E-state index is -5.97. The van der Waals surface area contributed by atoms with Crippen molar-refractivity contribution >= 4 is 16.1 Å². The third kappa shape index (κ3) is 3.77. The number of aromatic nitrogens is 2. The maximum absolute atomic E-state index is 14.3. The molecule has 1 unspecified atom stereocenters.